The van der Waals surface area contributed by atoms with Crippen molar-refractivity contribution in [2.24, 2.45) is 18.9 Å². The summed E-state index contributed by atoms with van der Waals surface area (Å²) < 4.78 is 29.9. The van der Waals surface area contributed by atoms with E-state index in [9.17, 15) is 8.42 Å². The number of aromatic nitrogens is 2. The highest BCUT2D eigenvalue weighted by atomic mass is 35.7. The zero-order valence-corrected chi connectivity index (χ0v) is 13.5. The number of ether oxygens (including phenoxy) is 1. The molecule has 110 valence electrons. The van der Waals surface area contributed by atoms with Crippen LogP contribution in [0, 0.1) is 25.7 Å². The molecule has 0 amide bonds. The van der Waals surface area contributed by atoms with Crippen LogP contribution in [0.2, 0.25) is 0 Å². The van der Waals surface area contributed by atoms with E-state index in [2.05, 4.69) is 5.10 Å². The quantitative estimate of drug-likeness (QED) is 0.756. The highest BCUT2D eigenvalue weighted by Crippen LogP contribution is 2.24. The van der Waals surface area contributed by atoms with Gasteiger partial charge in [0, 0.05) is 23.6 Å². The third-order valence-corrected chi connectivity index (χ3v) is 4.44. The molecule has 0 aliphatic heterocycles. The molecule has 1 unspecified atom stereocenters. The highest BCUT2D eigenvalue weighted by molar-refractivity contribution is 8.13. The fourth-order valence-corrected chi connectivity index (χ4v) is 3.32. The normalized spacial score (nSPS) is 13.8. The maximum absolute atomic E-state index is 11.2. The van der Waals surface area contributed by atoms with Crippen LogP contribution in [0.3, 0.4) is 0 Å². The Kier molecular flexibility index (Phi) is 5.26. The fourth-order valence-electron chi connectivity index (χ4n) is 1.84. The Morgan fingerprint density at radius 2 is 1.95 bits per heavy atom. The Labute approximate surface area is 119 Å². The van der Waals surface area contributed by atoms with Crippen LogP contribution in [-0.2, 0) is 16.1 Å². The maximum atomic E-state index is 11.2. The SMILES string of the molecule is Cc1nn(C)c(C)c1OCC(CS(=O)(=O)Cl)C(C)C. The lowest BCUT2D eigenvalue weighted by molar-refractivity contribution is 0.223. The molecule has 0 saturated heterocycles. The first-order chi connectivity index (χ1) is 8.61. The van der Waals surface area contributed by atoms with Gasteiger partial charge in [0.2, 0.25) is 9.05 Å². The molecule has 0 radical (unpaired) electrons. The lowest BCUT2D eigenvalue weighted by Gasteiger charge is -2.19. The van der Waals surface area contributed by atoms with Crippen molar-refractivity contribution in [3.8, 4) is 5.75 Å². The third kappa shape index (κ3) is 4.69. The van der Waals surface area contributed by atoms with Crippen molar-refractivity contribution in [3.63, 3.8) is 0 Å². The molecular formula is C12H21ClN2O3S. The van der Waals surface area contributed by atoms with Gasteiger partial charge in [0.15, 0.2) is 5.75 Å². The predicted molar refractivity (Wildman–Crippen MR) is 76.1 cm³/mol. The van der Waals surface area contributed by atoms with Crippen molar-refractivity contribution in [2.45, 2.75) is 27.7 Å². The zero-order valence-electron chi connectivity index (χ0n) is 12.0. The van der Waals surface area contributed by atoms with E-state index in [1.165, 1.54) is 0 Å². The molecule has 1 rings (SSSR count). The molecule has 1 atom stereocenters. The summed E-state index contributed by atoms with van der Waals surface area (Å²) in [4.78, 5) is 0. The Morgan fingerprint density at radius 3 is 2.32 bits per heavy atom. The van der Waals surface area contributed by atoms with Gasteiger partial charge >= 0.3 is 0 Å². The van der Waals surface area contributed by atoms with Gasteiger partial charge in [0.1, 0.15) is 5.69 Å². The maximum Gasteiger partial charge on any atom is 0.233 e. The minimum Gasteiger partial charge on any atom is -0.489 e. The van der Waals surface area contributed by atoms with Crippen LogP contribution >= 0.6 is 10.7 Å². The van der Waals surface area contributed by atoms with E-state index in [1.54, 1.807) is 4.68 Å². The molecular weight excluding hydrogens is 288 g/mol. The first-order valence-corrected chi connectivity index (χ1v) is 8.65. The van der Waals surface area contributed by atoms with Gasteiger partial charge in [-0.15, -0.1) is 0 Å². The molecule has 5 nitrogen and oxygen atoms in total. The molecule has 0 aromatic carbocycles. The summed E-state index contributed by atoms with van der Waals surface area (Å²) >= 11 is 0. The second kappa shape index (κ2) is 6.13. The van der Waals surface area contributed by atoms with Crippen molar-refractivity contribution in [3.05, 3.63) is 11.4 Å². The largest absolute Gasteiger partial charge is 0.489 e. The Morgan fingerprint density at radius 1 is 1.37 bits per heavy atom. The molecule has 0 fully saturated rings. The Hall–Kier alpha value is -0.750. The van der Waals surface area contributed by atoms with Gasteiger partial charge in [0.25, 0.3) is 0 Å². The number of aryl methyl sites for hydroxylation is 2. The van der Waals surface area contributed by atoms with Gasteiger partial charge in [-0.25, -0.2) is 8.42 Å². The first-order valence-electron chi connectivity index (χ1n) is 6.17. The molecule has 1 aromatic heterocycles. The second-order valence-electron chi connectivity index (χ2n) is 5.14. The van der Waals surface area contributed by atoms with Gasteiger partial charge in [-0.2, -0.15) is 5.10 Å². The standard InChI is InChI=1S/C12H21ClN2O3S/c1-8(2)11(7-19(13,16)17)6-18-12-9(3)14-15(5)10(12)4/h8,11H,6-7H2,1-5H3. The smallest absolute Gasteiger partial charge is 0.233 e. The van der Waals surface area contributed by atoms with E-state index in [-0.39, 0.29) is 17.6 Å². The monoisotopic (exact) mass is 308 g/mol. The van der Waals surface area contributed by atoms with E-state index in [4.69, 9.17) is 15.4 Å². The Balaban J connectivity index is 2.77. The van der Waals surface area contributed by atoms with E-state index in [0.29, 0.717) is 6.61 Å². The van der Waals surface area contributed by atoms with Crippen LogP contribution in [0.1, 0.15) is 25.2 Å². The van der Waals surface area contributed by atoms with Crippen molar-refractivity contribution >= 4 is 19.7 Å². The molecule has 1 heterocycles. The van der Waals surface area contributed by atoms with Gasteiger partial charge in [0.05, 0.1) is 18.1 Å². The molecule has 0 N–H and O–H groups in total. The number of hydrogen-bond acceptors (Lipinski definition) is 4. The van der Waals surface area contributed by atoms with Crippen LogP contribution in [0.25, 0.3) is 0 Å². The summed E-state index contributed by atoms with van der Waals surface area (Å²) in [5.41, 5.74) is 1.73. The van der Waals surface area contributed by atoms with E-state index in [0.717, 1.165) is 17.1 Å². The molecule has 0 spiro atoms. The average molecular weight is 309 g/mol. The number of halogens is 1. The fraction of sp³-hybridized carbons (Fsp3) is 0.750. The number of rotatable bonds is 6. The van der Waals surface area contributed by atoms with Crippen LogP contribution in [0.5, 0.6) is 5.75 Å². The molecule has 7 heteroatoms. The van der Waals surface area contributed by atoms with Crippen molar-refractivity contribution in [1.82, 2.24) is 9.78 Å². The van der Waals surface area contributed by atoms with Gasteiger partial charge in [-0.05, 0) is 19.8 Å². The third-order valence-electron chi connectivity index (χ3n) is 3.24. The van der Waals surface area contributed by atoms with Crippen molar-refractivity contribution < 1.29 is 13.2 Å². The topological polar surface area (TPSA) is 61.2 Å². The summed E-state index contributed by atoms with van der Waals surface area (Å²) in [6, 6.07) is 0. The van der Waals surface area contributed by atoms with Crippen molar-refractivity contribution in [2.75, 3.05) is 12.4 Å². The summed E-state index contributed by atoms with van der Waals surface area (Å²) in [5.74, 6) is 0.678. The second-order valence-corrected chi connectivity index (χ2v) is 7.97. The molecule has 0 aliphatic carbocycles. The molecule has 0 aliphatic rings. The summed E-state index contributed by atoms with van der Waals surface area (Å²) in [7, 11) is 3.65. The molecule has 0 saturated carbocycles. The molecule has 1 aromatic rings. The van der Waals surface area contributed by atoms with Gasteiger partial charge in [-0.3, -0.25) is 4.68 Å². The summed E-state index contributed by atoms with van der Waals surface area (Å²) in [5, 5.41) is 4.26. The van der Waals surface area contributed by atoms with Crippen LogP contribution in [-0.4, -0.2) is 30.6 Å². The van der Waals surface area contributed by atoms with E-state index < -0.39 is 9.05 Å². The molecule has 0 bridgehead atoms. The first kappa shape index (κ1) is 16.3. The van der Waals surface area contributed by atoms with E-state index in [1.807, 2.05) is 34.7 Å². The minimum atomic E-state index is -3.52. The number of nitrogens with zero attached hydrogens (tertiary/aromatic N) is 2. The van der Waals surface area contributed by atoms with Crippen LogP contribution < -0.4 is 4.74 Å². The average Bonchev–Trinajstić information content (AvgIpc) is 2.47. The summed E-state index contributed by atoms with van der Waals surface area (Å²) in [6.45, 7) is 8.01. The highest BCUT2D eigenvalue weighted by Gasteiger charge is 2.22. The number of hydrogen-bond donors (Lipinski definition) is 0. The molecule has 19 heavy (non-hydrogen) atoms. The summed E-state index contributed by atoms with van der Waals surface area (Å²) in [6.07, 6.45) is 0. The Bertz CT molecular complexity index is 537. The van der Waals surface area contributed by atoms with Gasteiger partial charge < -0.3 is 4.74 Å². The van der Waals surface area contributed by atoms with E-state index >= 15 is 0 Å². The van der Waals surface area contributed by atoms with Crippen LogP contribution in [0.15, 0.2) is 0 Å². The minimum absolute atomic E-state index is 0.0788. The zero-order chi connectivity index (χ0) is 14.8. The lowest BCUT2D eigenvalue weighted by Crippen LogP contribution is -2.24. The lowest BCUT2D eigenvalue weighted by atomic mass is 9.99. The predicted octanol–water partition coefficient (Wildman–Crippen LogP) is 2.26. The van der Waals surface area contributed by atoms with Crippen molar-refractivity contribution in [1.29, 1.82) is 0 Å². The van der Waals surface area contributed by atoms with Crippen LogP contribution in [0.4, 0.5) is 0 Å². The van der Waals surface area contributed by atoms with Gasteiger partial charge in [-0.1, -0.05) is 13.8 Å².